The third-order valence-corrected chi connectivity index (χ3v) is 6.54. The standard InChI is InChI=1S/C28H27N3O3/c1-19-24(21-7-3-2-4-8-21)10-5-11-25(19)27-30-29-26(34-27)22-14-12-20(13-15-22)17-31-16-6-9-23(18-31)28(32)33/h2-5,7-8,10-15,23H,6,9,16-18H2,1H3,(H,32,33). The first-order valence-electron chi connectivity index (χ1n) is 11.6. The Labute approximate surface area is 198 Å². The molecule has 5 rings (SSSR count). The Morgan fingerprint density at radius 2 is 1.68 bits per heavy atom. The molecule has 4 aromatic rings. The Morgan fingerprint density at radius 3 is 2.44 bits per heavy atom. The fourth-order valence-electron chi connectivity index (χ4n) is 4.66. The minimum absolute atomic E-state index is 0.270. The number of likely N-dealkylation sites (tertiary alicyclic amines) is 1. The SMILES string of the molecule is Cc1c(-c2ccccc2)cccc1-c1nnc(-c2ccc(CN3CCCC(C(=O)O)C3)cc2)o1. The number of hydrogen-bond donors (Lipinski definition) is 1. The largest absolute Gasteiger partial charge is 0.481 e. The van der Waals surface area contributed by atoms with Gasteiger partial charge in [-0.15, -0.1) is 10.2 Å². The second-order valence-electron chi connectivity index (χ2n) is 8.87. The first-order chi connectivity index (χ1) is 16.6. The Balaban J connectivity index is 1.32. The molecule has 0 bridgehead atoms. The third-order valence-electron chi connectivity index (χ3n) is 6.54. The molecule has 1 aliphatic heterocycles. The van der Waals surface area contributed by atoms with Gasteiger partial charge in [0.25, 0.3) is 0 Å². The molecule has 172 valence electrons. The zero-order chi connectivity index (χ0) is 23.5. The van der Waals surface area contributed by atoms with Crippen LogP contribution in [0.1, 0.15) is 24.0 Å². The molecule has 1 saturated heterocycles. The van der Waals surface area contributed by atoms with Gasteiger partial charge >= 0.3 is 5.97 Å². The maximum Gasteiger partial charge on any atom is 0.307 e. The number of rotatable bonds is 6. The molecule has 0 spiro atoms. The van der Waals surface area contributed by atoms with Gasteiger partial charge in [-0.2, -0.15) is 0 Å². The summed E-state index contributed by atoms with van der Waals surface area (Å²) in [5.74, 6) is 0.0165. The minimum Gasteiger partial charge on any atom is -0.481 e. The number of piperidine rings is 1. The van der Waals surface area contributed by atoms with E-state index in [0.29, 0.717) is 18.3 Å². The summed E-state index contributed by atoms with van der Waals surface area (Å²) < 4.78 is 6.06. The number of aliphatic carboxylic acids is 1. The van der Waals surface area contributed by atoms with Gasteiger partial charge in [0.15, 0.2) is 0 Å². The van der Waals surface area contributed by atoms with Gasteiger partial charge in [-0.1, -0.05) is 54.6 Å². The van der Waals surface area contributed by atoms with Crippen LogP contribution in [0.2, 0.25) is 0 Å². The van der Waals surface area contributed by atoms with E-state index < -0.39 is 5.97 Å². The minimum atomic E-state index is -0.697. The van der Waals surface area contributed by atoms with E-state index in [1.54, 1.807) is 0 Å². The second kappa shape index (κ2) is 9.61. The van der Waals surface area contributed by atoms with E-state index >= 15 is 0 Å². The first-order valence-corrected chi connectivity index (χ1v) is 11.6. The van der Waals surface area contributed by atoms with Crippen LogP contribution in [0.25, 0.3) is 34.0 Å². The van der Waals surface area contributed by atoms with Crippen molar-refractivity contribution in [3.8, 4) is 34.0 Å². The molecule has 1 unspecified atom stereocenters. The lowest BCUT2D eigenvalue weighted by molar-refractivity contribution is -0.143. The predicted octanol–water partition coefficient (Wildman–Crippen LogP) is 5.68. The van der Waals surface area contributed by atoms with Crippen LogP contribution in [0.4, 0.5) is 0 Å². The highest BCUT2D eigenvalue weighted by molar-refractivity contribution is 5.75. The molecule has 1 aliphatic rings. The molecule has 1 atom stereocenters. The number of carbonyl (C=O) groups is 1. The summed E-state index contributed by atoms with van der Waals surface area (Å²) in [4.78, 5) is 13.5. The Morgan fingerprint density at radius 1 is 0.941 bits per heavy atom. The number of aromatic nitrogens is 2. The van der Waals surface area contributed by atoms with Gasteiger partial charge in [0.1, 0.15) is 0 Å². The highest BCUT2D eigenvalue weighted by Gasteiger charge is 2.25. The normalized spacial score (nSPS) is 16.4. The molecule has 1 N–H and O–H groups in total. The molecule has 0 aliphatic carbocycles. The average molecular weight is 454 g/mol. The molecule has 6 nitrogen and oxygen atoms in total. The first kappa shape index (κ1) is 22.0. The van der Waals surface area contributed by atoms with Gasteiger partial charge in [0.05, 0.1) is 5.92 Å². The topological polar surface area (TPSA) is 79.5 Å². The van der Waals surface area contributed by atoms with Crippen LogP contribution < -0.4 is 0 Å². The average Bonchev–Trinajstić information content (AvgIpc) is 3.35. The van der Waals surface area contributed by atoms with Crippen LogP contribution in [0.15, 0.2) is 77.2 Å². The Kier molecular flexibility index (Phi) is 6.23. The Bertz CT molecular complexity index is 1280. The van der Waals surface area contributed by atoms with Crippen LogP contribution in [-0.2, 0) is 11.3 Å². The quantitative estimate of drug-likeness (QED) is 0.405. The van der Waals surface area contributed by atoms with Crippen molar-refractivity contribution in [2.24, 2.45) is 5.92 Å². The molecular weight excluding hydrogens is 426 g/mol. The number of carboxylic acids is 1. The fraction of sp³-hybridized carbons (Fsp3) is 0.250. The van der Waals surface area contributed by atoms with Crippen molar-refractivity contribution in [1.82, 2.24) is 15.1 Å². The molecule has 2 heterocycles. The highest BCUT2D eigenvalue weighted by Crippen LogP contribution is 2.32. The molecule has 3 aromatic carbocycles. The maximum atomic E-state index is 11.3. The summed E-state index contributed by atoms with van der Waals surface area (Å²) in [6.07, 6.45) is 1.68. The van der Waals surface area contributed by atoms with Gasteiger partial charge in [0.2, 0.25) is 11.8 Å². The lowest BCUT2D eigenvalue weighted by Crippen LogP contribution is -2.38. The van der Waals surface area contributed by atoms with Crippen LogP contribution in [0.5, 0.6) is 0 Å². The van der Waals surface area contributed by atoms with Crippen molar-refractivity contribution in [1.29, 1.82) is 0 Å². The van der Waals surface area contributed by atoms with E-state index in [1.807, 2.05) is 54.6 Å². The van der Waals surface area contributed by atoms with Gasteiger partial charge in [0, 0.05) is 24.2 Å². The number of benzene rings is 3. The van der Waals surface area contributed by atoms with Crippen molar-refractivity contribution >= 4 is 5.97 Å². The lowest BCUT2D eigenvalue weighted by atomic mass is 9.96. The summed E-state index contributed by atoms with van der Waals surface area (Å²) >= 11 is 0. The predicted molar refractivity (Wildman–Crippen MR) is 131 cm³/mol. The summed E-state index contributed by atoms with van der Waals surface area (Å²) in [6.45, 7) is 4.35. The van der Waals surface area contributed by atoms with Crippen LogP contribution in [-0.4, -0.2) is 39.3 Å². The monoisotopic (exact) mass is 453 g/mol. The lowest BCUT2D eigenvalue weighted by Gasteiger charge is -2.30. The molecule has 0 amide bonds. The van der Waals surface area contributed by atoms with Gasteiger partial charge < -0.3 is 9.52 Å². The highest BCUT2D eigenvalue weighted by atomic mass is 16.4. The number of hydrogen-bond acceptors (Lipinski definition) is 5. The molecule has 34 heavy (non-hydrogen) atoms. The van der Waals surface area contributed by atoms with Gasteiger partial charge in [-0.3, -0.25) is 9.69 Å². The van der Waals surface area contributed by atoms with Crippen molar-refractivity contribution < 1.29 is 14.3 Å². The molecule has 0 radical (unpaired) electrons. The van der Waals surface area contributed by atoms with E-state index in [2.05, 4.69) is 40.2 Å². The van der Waals surface area contributed by atoms with Crippen LogP contribution in [0.3, 0.4) is 0 Å². The van der Waals surface area contributed by atoms with Crippen LogP contribution >= 0.6 is 0 Å². The van der Waals surface area contributed by atoms with Crippen molar-refractivity contribution in [3.63, 3.8) is 0 Å². The van der Waals surface area contributed by atoms with Crippen molar-refractivity contribution in [2.75, 3.05) is 13.1 Å². The van der Waals surface area contributed by atoms with Crippen LogP contribution in [0, 0.1) is 12.8 Å². The van der Waals surface area contributed by atoms with E-state index in [0.717, 1.165) is 59.3 Å². The van der Waals surface area contributed by atoms with E-state index in [9.17, 15) is 9.90 Å². The smallest absolute Gasteiger partial charge is 0.307 e. The van der Waals surface area contributed by atoms with Gasteiger partial charge in [-0.05, 0) is 66.8 Å². The van der Waals surface area contributed by atoms with Gasteiger partial charge in [-0.25, -0.2) is 0 Å². The summed E-state index contributed by atoms with van der Waals surface area (Å²) in [5.41, 5.74) is 6.32. The molecule has 0 saturated carbocycles. The molecule has 6 heteroatoms. The summed E-state index contributed by atoms with van der Waals surface area (Å²) in [6, 6.07) is 24.5. The third kappa shape index (κ3) is 4.63. The van der Waals surface area contributed by atoms with Crippen molar-refractivity contribution in [3.05, 3.63) is 83.9 Å². The van der Waals surface area contributed by atoms with E-state index in [4.69, 9.17) is 4.42 Å². The van der Waals surface area contributed by atoms with E-state index in [1.165, 1.54) is 0 Å². The second-order valence-corrected chi connectivity index (χ2v) is 8.87. The molecule has 1 fully saturated rings. The molecular formula is C28H27N3O3. The number of nitrogens with zero attached hydrogens (tertiary/aromatic N) is 3. The molecule has 1 aromatic heterocycles. The fourth-order valence-corrected chi connectivity index (χ4v) is 4.66. The zero-order valence-electron chi connectivity index (χ0n) is 19.1. The zero-order valence-corrected chi connectivity index (χ0v) is 19.1. The van der Waals surface area contributed by atoms with E-state index in [-0.39, 0.29) is 5.92 Å². The maximum absolute atomic E-state index is 11.3. The Hall–Kier alpha value is -3.77. The summed E-state index contributed by atoms with van der Waals surface area (Å²) in [5, 5.41) is 17.9. The number of carboxylic acid groups (broad SMARTS) is 1. The summed E-state index contributed by atoms with van der Waals surface area (Å²) in [7, 11) is 0. The van der Waals surface area contributed by atoms with Crippen molar-refractivity contribution in [2.45, 2.75) is 26.3 Å².